The predicted octanol–water partition coefficient (Wildman–Crippen LogP) is 2.48. The zero-order valence-corrected chi connectivity index (χ0v) is 7.26. The fourth-order valence-electron chi connectivity index (χ4n) is 0.740. The van der Waals surface area contributed by atoms with E-state index in [2.05, 4.69) is 0 Å². The molecule has 0 fully saturated rings. The van der Waals surface area contributed by atoms with E-state index in [1.165, 1.54) is 12.1 Å². The van der Waals surface area contributed by atoms with Crippen molar-refractivity contribution in [2.24, 2.45) is 0 Å². The lowest BCUT2D eigenvalue weighted by atomic mass is 10.3. The molecule has 0 saturated heterocycles. The SMILES string of the molecule is Nc1ccc(Cl)c(Cl)c1[N+](=O)[O-]. The van der Waals surface area contributed by atoms with E-state index in [1.54, 1.807) is 0 Å². The van der Waals surface area contributed by atoms with Crippen molar-refractivity contribution in [3.63, 3.8) is 0 Å². The van der Waals surface area contributed by atoms with Crippen LogP contribution in [0.15, 0.2) is 12.1 Å². The summed E-state index contributed by atoms with van der Waals surface area (Å²) in [5.74, 6) is 0. The largest absolute Gasteiger partial charge is 0.393 e. The number of nitrogen functional groups attached to an aromatic ring is 1. The van der Waals surface area contributed by atoms with Crippen LogP contribution in [0.1, 0.15) is 0 Å². The van der Waals surface area contributed by atoms with Crippen LogP contribution < -0.4 is 5.73 Å². The van der Waals surface area contributed by atoms with Crippen LogP contribution in [-0.4, -0.2) is 4.92 Å². The minimum absolute atomic E-state index is 0.00870. The molecule has 0 aliphatic rings. The van der Waals surface area contributed by atoms with E-state index in [9.17, 15) is 10.1 Å². The van der Waals surface area contributed by atoms with Gasteiger partial charge in [0.05, 0.1) is 9.95 Å². The summed E-state index contributed by atoms with van der Waals surface area (Å²) in [7, 11) is 0. The summed E-state index contributed by atoms with van der Waals surface area (Å²) in [5.41, 5.74) is 4.97. The van der Waals surface area contributed by atoms with Gasteiger partial charge >= 0.3 is 5.69 Å². The maximum atomic E-state index is 10.4. The lowest BCUT2D eigenvalue weighted by molar-refractivity contribution is -0.383. The fourth-order valence-corrected chi connectivity index (χ4v) is 1.13. The van der Waals surface area contributed by atoms with Crippen LogP contribution in [-0.2, 0) is 0 Å². The number of nitro groups is 1. The molecule has 6 heteroatoms. The van der Waals surface area contributed by atoms with Crippen molar-refractivity contribution in [1.82, 2.24) is 0 Å². The van der Waals surface area contributed by atoms with Gasteiger partial charge in [-0.1, -0.05) is 23.2 Å². The van der Waals surface area contributed by atoms with Crippen molar-refractivity contribution in [3.8, 4) is 0 Å². The third-order valence-corrected chi connectivity index (χ3v) is 2.08. The highest BCUT2D eigenvalue weighted by molar-refractivity contribution is 6.43. The molecule has 12 heavy (non-hydrogen) atoms. The van der Waals surface area contributed by atoms with Crippen LogP contribution in [0, 0.1) is 10.1 Å². The quantitative estimate of drug-likeness (QED) is 0.436. The Morgan fingerprint density at radius 3 is 2.42 bits per heavy atom. The fraction of sp³-hybridized carbons (Fsp3) is 0. The van der Waals surface area contributed by atoms with E-state index in [4.69, 9.17) is 28.9 Å². The molecule has 0 aliphatic carbocycles. The van der Waals surface area contributed by atoms with Crippen LogP contribution in [0.2, 0.25) is 10.0 Å². The third-order valence-electron chi connectivity index (χ3n) is 1.28. The van der Waals surface area contributed by atoms with Gasteiger partial charge in [0.15, 0.2) is 0 Å². The van der Waals surface area contributed by atoms with Gasteiger partial charge in [-0.2, -0.15) is 0 Å². The first-order valence-corrected chi connectivity index (χ1v) is 3.67. The van der Waals surface area contributed by atoms with E-state index < -0.39 is 4.92 Å². The highest BCUT2D eigenvalue weighted by Crippen LogP contribution is 2.35. The van der Waals surface area contributed by atoms with E-state index in [0.29, 0.717) is 0 Å². The first-order chi connectivity index (χ1) is 5.54. The second-order valence-corrected chi connectivity index (χ2v) is 2.84. The number of nitrogens with two attached hydrogens (primary N) is 1. The topological polar surface area (TPSA) is 69.2 Å². The molecule has 0 heterocycles. The number of rotatable bonds is 1. The molecule has 4 nitrogen and oxygen atoms in total. The van der Waals surface area contributed by atoms with Crippen molar-refractivity contribution in [3.05, 3.63) is 32.3 Å². The van der Waals surface area contributed by atoms with Gasteiger partial charge in [-0.05, 0) is 12.1 Å². The molecule has 1 aromatic rings. The maximum Gasteiger partial charge on any atom is 0.312 e. The van der Waals surface area contributed by atoms with Crippen molar-refractivity contribution >= 4 is 34.6 Å². The minimum Gasteiger partial charge on any atom is -0.393 e. The third kappa shape index (κ3) is 1.44. The molecular formula is C6H4Cl2N2O2. The summed E-state index contributed by atoms with van der Waals surface area (Å²) >= 11 is 11.1. The molecule has 0 radical (unpaired) electrons. The number of nitrogens with zero attached hydrogens (tertiary/aromatic N) is 1. The second-order valence-electron chi connectivity index (χ2n) is 2.06. The van der Waals surface area contributed by atoms with E-state index in [0.717, 1.165) is 0 Å². The number of hydrogen-bond acceptors (Lipinski definition) is 3. The van der Waals surface area contributed by atoms with Crippen molar-refractivity contribution in [2.45, 2.75) is 0 Å². The zero-order valence-electron chi connectivity index (χ0n) is 5.75. The zero-order chi connectivity index (χ0) is 9.30. The van der Waals surface area contributed by atoms with Gasteiger partial charge in [0, 0.05) is 0 Å². The summed E-state index contributed by atoms with van der Waals surface area (Å²) < 4.78 is 0. The summed E-state index contributed by atoms with van der Waals surface area (Å²) in [6, 6.07) is 2.75. The molecule has 0 amide bonds. The molecule has 2 N–H and O–H groups in total. The van der Waals surface area contributed by atoms with Gasteiger partial charge in [0.2, 0.25) is 0 Å². The average molecular weight is 207 g/mol. The number of halogens is 2. The van der Waals surface area contributed by atoms with Gasteiger partial charge in [-0.25, -0.2) is 0 Å². The minimum atomic E-state index is -0.663. The molecule has 0 aliphatic heterocycles. The molecule has 0 bridgehead atoms. The lowest BCUT2D eigenvalue weighted by Gasteiger charge is -1.99. The van der Waals surface area contributed by atoms with Gasteiger partial charge in [0.25, 0.3) is 0 Å². The van der Waals surface area contributed by atoms with Crippen LogP contribution in [0.5, 0.6) is 0 Å². The number of anilines is 1. The molecule has 1 rings (SSSR count). The number of benzene rings is 1. The second kappa shape index (κ2) is 3.16. The summed E-state index contributed by atoms with van der Waals surface area (Å²) in [6.45, 7) is 0. The standard InChI is InChI=1S/C6H4Cl2N2O2/c7-3-1-2-4(9)6(5(3)8)10(11)12/h1-2H,9H2. The molecular weight excluding hydrogens is 203 g/mol. The van der Waals surface area contributed by atoms with Crippen molar-refractivity contribution < 1.29 is 4.92 Å². The van der Waals surface area contributed by atoms with Crippen LogP contribution >= 0.6 is 23.2 Å². The summed E-state index contributed by atoms with van der Waals surface area (Å²) in [6.07, 6.45) is 0. The summed E-state index contributed by atoms with van der Waals surface area (Å²) in [5, 5.41) is 10.4. The van der Waals surface area contributed by atoms with E-state index in [1.807, 2.05) is 0 Å². The Morgan fingerprint density at radius 1 is 1.42 bits per heavy atom. The first kappa shape index (κ1) is 9.09. The van der Waals surface area contributed by atoms with Crippen molar-refractivity contribution in [1.29, 1.82) is 0 Å². The van der Waals surface area contributed by atoms with Crippen LogP contribution in [0.3, 0.4) is 0 Å². The Morgan fingerprint density at radius 2 is 2.00 bits per heavy atom. The maximum absolute atomic E-state index is 10.4. The smallest absolute Gasteiger partial charge is 0.312 e. The van der Waals surface area contributed by atoms with Gasteiger partial charge < -0.3 is 5.73 Å². The van der Waals surface area contributed by atoms with Gasteiger partial charge in [0.1, 0.15) is 10.7 Å². The molecule has 0 spiro atoms. The molecule has 0 unspecified atom stereocenters. The molecule has 1 aromatic carbocycles. The lowest BCUT2D eigenvalue weighted by Crippen LogP contribution is -1.96. The number of nitro benzene ring substituents is 1. The molecule has 0 saturated carbocycles. The summed E-state index contributed by atoms with van der Waals surface area (Å²) in [4.78, 5) is 9.71. The normalized spacial score (nSPS) is 9.83. The molecule has 0 aromatic heterocycles. The van der Waals surface area contributed by atoms with E-state index in [-0.39, 0.29) is 21.4 Å². The van der Waals surface area contributed by atoms with E-state index >= 15 is 0 Å². The predicted molar refractivity (Wildman–Crippen MR) is 47.5 cm³/mol. The van der Waals surface area contributed by atoms with Crippen molar-refractivity contribution in [2.75, 3.05) is 5.73 Å². The number of hydrogen-bond donors (Lipinski definition) is 1. The molecule has 0 atom stereocenters. The molecule has 64 valence electrons. The highest BCUT2D eigenvalue weighted by atomic mass is 35.5. The Kier molecular flexibility index (Phi) is 2.40. The highest BCUT2D eigenvalue weighted by Gasteiger charge is 2.18. The van der Waals surface area contributed by atoms with Crippen LogP contribution in [0.25, 0.3) is 0 Å². The average Bonchev–Trinajstić information content (AvgIpc) is 1.97. The Hall–Kier alpha value is -1.00. The monoisotopic (exact) mass is 206 g/mol. The Labute approximate surface area is 78.0 Å². The Balaban J connectivity index is 3.43. The van der Waals surface area contributed by atoms with Gasteiger partial charge in [-0.15, -0.1) is 0 Å². The van der Waals surface area contributed by atoms with Crippen LogP contribution in [0.4, 0.5) is 11.4 Å². The first-order valence-electron chi connectivity index (χ1n) is 2.92. The van der Waals surface area contributed by atoms with Gasteiger partial charge in [-0.3, -0.25) is 10.1 Å². The Bertz CT molecular complexity index is 341.